The molecule has 1 fully saturated rings. The third-order valence-corrected chi connectivity index (χ3v) is 3.01. The van der Waals surface area contributed by atoms with Crippen molar-refractivity contribution in [3.8, 4) is 0 Å². The first kappa shape index (κ1) is 10.6. The van der Waals surface area contributed by atoms with Crippen LogP contribution in [0.5, 0.6) is 0 Å². The number of imidazole rings is 1. The van der Waals surface area contributed by atoms with Crippen LogP contribution in [0.25, 0.3) is 0 Å². The first-order valence-corrected chi connectivity index (χ1v) is 5.49. The molecule has 0 aliphatic carbocycles. The van der Waals surface area contributed by atoms with Crippen molar-refractivity contribution in [2.24, 2.45) is 0 Å². The average molecular weight is 208 g/mol. The fourth-order valence-electron chi connectivity index (χ4n) is 1.77. The van der Waals surface area contributed by atoms with Crippen molar-refractivity contribution < 1.29 is 4.74 Å². The van der Waals surface area contributed by atoms with E-state index in [-0.39, 0.29) is 0 Å². The summed E-state index contributed by atoms with van der Waals surface area (Å²) >= 11 is 0. The van der Waals surface area contributed by atoms with Gasteiger partial charge in [0.05, 0.1) is 18.9 Å². The van der Waals surface area contributed by atoms with Gasteiger partial charge in [0.2, 0.25) is 0 Å². The van der Waals surface area contributed by atoms with Crippen molar-refractivity contribution in [2.45, 2.75) is 20.4 Å². The van der Waals surface area contributed by atoms with Gasteiger partial charge in [-0.1, -0.05) is 0 Å². The van der Waals surface area contributed by atoms with Gasteiger partial charge in [0.1, 0.15) is 0 Å². The van der Waals surface area contributed by atoms with Gasteiger partial charge in [-0.05, 0) is 13.8 Å². The van der Waals surface area contributed by atoms with Crippen molar-refractivity contribution in [3.05, 3.63) is 17.7 Å². The summed E-state index contributed by atoms with van der Waals surface area (Å²) in [6, 6.07) is 0. The topological polar surface area (TPSA) is 30.3 Å². The maximum atomic E-state index is 5.31. The van der Waals surface area contributed by atoms with Crippen LogP contribution in [0.4, 0.5) is 0 Å². The Morgan fingerprint density at radius 1 is 1.27 bits per heavy atom. The third kappa shape index (κ3) is 2.58. The van der Waals surface area contributed by atoms with Crippen LogP contribution in [0, 0.1) is 20.2 Å². The summed E-state index contributed by atoms with van der Waals surface area (Å²) in [5.41, 5.74) is 2.31. The largest absolute Gasteiger partial charge is 0.379 e. The number of hydrogen-bond acceptors (Lipinski definition) is 3. The van der Waals surface area contributed by atoms with Crippen LogP contribution < -0.4 is 0 Å². The molecule has 0 unspecified atom stereocenters. The fourth-order valence-corrected chi connectivity index (χ4v) is 1.77. The van der Waals surface area contributed by atoms with E-state index in [9.17, 15) is 0 Å². The van der Waals surface area contributed by atoms with Crippen molar-refractivity contribution in [1.29, 1.82) is 0 Å². The Morgan fingerprint density at radius 3 is 2.60 bits per heavy atom. The Balaban J connectivity index is 1.84. The van der Waals surface area contributed by atoms with E-state index in [2.05, 4.69) is 27.7 Å². The van der Waals surface area contributed by atoms with Gasteiger partial charge in [0.25, 0.3) is 0 Å². The van der Waals surface area contributed by atoms with Crippen LogP contribution in [-0.4, -0.2) is 47.3 Å². The number of nitrogens with zero attached hydrogens (tertiary/aromatic N) is 3. The Morgan fingerprint density at radius 2 is 2.00 bits per heavy atom. The minimum absolute atomic E-state index is 0.867. The molecule has 4 heteroatoms. The van der Waals surface area contributed by atoms with E-state index in [1.54, 1.807) is 0 Å². The first-order chi connectivity index (χ1) is 7.27. The molecule has 2 rings (SSSR count). The van der Waals surface area contributed by atoms with E-state index in [0.29, 0.717) is 0 Å². The van der Waals surface area contributed by atoms with Crippen LogP contribution in [0.15, 0.2) is 0 Å². The van der Waals surface area contributed by atoms with Gasteiger partial charge in [-0.2, -0.15) is 0 Å². The van der Waals surface area contributed by atoms with E-state index in [0.717, 1.165) is 45.1 Å². The molecule has 1 aliphatic heterocycles. The molecule has 0 bridgehead atoms. The average Bonchev–Trinajstić information content (AvgIpc) is 2.59. The Hall–Kier alpha value is -0.870. The quantitative estimate of drug-likeness (QED) is 0.730. The molecule has 1 radical (unpaired) electrons. The molecule has 0 atom stereocenters. The Kier molecular flexibility index (Phi) is 3.38. The lowest BCUT2D eigenvalue weighted by molar-refractivity contribution is 0.0363. The SMILES string of the molecule is Cc1n[c]n(CCN2CCOCC2)c1C. The molecule has 0 spiro atoms. The van der Waals surface area contributed by atoms with Gasteiger partial charge in [-0.3, -0.25) is 4.90 Å². The molecule has 0 amide bonds. The van der Waals surface area contributed by atoms with Crippen molar-refractivity contribution in [3.63, 3.8) is 0 Å². The predicted octanol–water partition coefficient (Wildman–Crippen LogP) is 0.632. The highest BCUT2D eigenvalue weighted by Crippen LogP contribution is 2.04. The molecular weight excluding hydrogens is 190 g/mol. The second-order valence-electron chi connectivity index (χ2n) is 3.99. The summed E-state index contributed by atoms with van der Waals surface area (Å²) in [7, 11) is 0. The fraction of sp³-hybridized carbons (Fsp3) is 0.727. The lowest BCUT2D eigenvalue weighted by Gasteiger charge is -2.26. The standard InChI is InChI=1S/C11H18N3O/c1-10-11(2)14(9-12-10)4-3-13-5-7-15-8-6-13/h3-8H2,1-2H3. The molecule has 1 aromatic rings. The molecule has 83 valence electrons. The van der Waals surface area contributed by atoms with Gasteiger partial charge < -0.3 is 9.30 Å². The van der Waals surface area contributed by atoms with Gasteiger partial charge in [0, 0.05) is 31.9 Å². The van der Waals surface area contributed by atoms with Crippen LogP contribution in [0.2, 0.25) is 0 Å². The first-order valence-electron chi connectivity index (χ1n) is 5.49. The minimum Gasteiger partial charge on any atom is -0.379 e. The summed E-state index contributed by atoms with van der Waals surface area (Å²) in [4.78, 5) is 6.60. The number of rotatable bonds is 3. The summed E-state index contributed by atoms with van der Waals surface area (Å²) < 4.78 is 7.41. The molecule has 0 N–H and O–H groups in total. The zero-order valence-electron chi connectivity index (χ0n) is 9.49. The molecule has 1 aromatic heterocycles. The lowest BCUT2D eigenvalue weighted by Crippen LogP contribution is -2.38. The minimum atomic E-state index is 0.867. The van der Waals surface area contributed by atoms with Crippen LogP contribution in [0.1, 0.15) is 11.4 Å². The molecule has 2 heterocycles. The van der Waals surface area contributed by atoms with E-state index >= 15 is 0 Å². The number of aromatic nitrogens is 2. The van der Waals surface area contributed by atoms with Gasteiger partial charge in [-0.25, -0.2) is 4.98 Å². The molecule has 1 saturated heterocycles. The summed E-state index contributed by atoms with van der Waals surface area (Å²) in [5.74, 6) is 0. The van der Waals surface area contributed by atoms with Crippen molar-refractivity contribution in [2.75, 3.05) is 32.8 Å². The zero-order chi connectivity index (χ0) is 10.7. The highest BCUT2D eigenvalue weighted by molar-refractivity contribution is 5.07. The van der Waals surface area contributed by atoms with Crippen molar-refractivity contribution >= 4 is 0 Å². The molecule has 4 nitrogen and oxygen atoms in total. The molecule has 1 aliphatic rings. The molecule has 0 aromatic carbocycles. The summed E-state index contributed by atoms with van der Waals surface area (Å²) in [6.07, 6.45) is 3.02. The third-order valence-electron chi connectivity index (χ3n) is 3.01. The maximum Gasteiger partial charge on any atom is 0.176 e. The second-order valence-corrected chi connectivity index (χ2v) is 3.99. The Bertz CT molecular complexity index is 316. The van der Waals surface area contributed by atoms with E-state index in [1.807, 2.05) is 6.92 Å². The second kappa shape index (κ2) is 4.77. The monoisotopic (exact) mass is 208 g/mol. The highest BCUT2D eigenvalue weighted by atomic mass is 16.5. The van der Waals surface area contributed by atoms with Gasteiger partial charge in [0.15, 0.2) is 6.33 Å². The van der Waals surface area contributed by atoms with Crippen LogP contribution in [0.3, 0.4) is 0 Å². The zero-order valence-corrected chi connectivity index (χ0v) is 9.49. The highest BCUT2D eigenvalue weighted by Gasteiger charge is 2.10. The number of ether oxygens (including phenoxy) is 1. The van der Waals surface area contributed by atoms with Crippen molar-refractivity contribution in [1.82, 2.24) is 14.5 Å². The number of hydrogen-bond donors (Lipinski definition) is 0. The Labute approximate surface area is 90.9 Å². The lowest BCUT2D eigenvalue weighted by atomic mass is 10.3. The number of aryl methyl sites for hydroxylation is 1. The smallest absolute Gasteiger partial charge is 0.176 e. The molecule has 0 saturated carbocycles. The summed E-state index contributed by atoms with van der Waals surface area (Å²) in [5, 5.41) is 0. The molecule has 15 heavy (non-hydrogen) atoms. The molecular formula is C11H18N3O. The normalized spacial score (nSPS) is 18.3. The number of morpholine rings is 1. The van der Waals surface area contributed by atoms with Gasteiger partial charge >= 0.3 is 0 Å². The van der Waals surface area contributed by atoms with E-state index in [1.165, 1.54) is 5.69 Å². The predicted molar refractivity (Wildman–Crippen MR) is 57.8 cm³/mol. The van der Waals surface area contributed by atoms with Crippen LogP contribution in [-0.2, 0) is 11.3 Å². The summed E-state index contributed by atoms with van der Waals surface area (Å²) in [6.45, 7) is 10.00. The maximum absolute atomic E-state index is 5.31. The van der Waals surface area contributed by atoms with E-state index < -0.39 is 0 Å². The van der Waals surface area contributed by atoms with E-state index in [4.69, 9.17) is 4.74 Å². The van der Waals surface area contributed by atoms with Crippen LogP contribution >= 0.6 is 0 Å². The van der Waals surface area contributed by atoms with Gasteiger partial charge in [-0.15, -0.1) is 0 Å².